The van der Waals surface area contributed by atoms with E-state index in [0.29, 0.717) is 17.4 Å². The zero-order valence-corrected chi connectivity index (χ0v) is 9.52. The molecule has 4 heteroatoms. The molecule has 0 saturated heterocycles. The molecule has 86 valence electrons. The van der Waals surface area contributed by atoms with Crippen LogP contribution in [-0.4, -0.2) is 28.4 Å². The Hall–Kier alpha value is -1.58. The number of hydrogen-bond acceptors (Lipinski definition) is 3. The largest absolute Gasteiger partial charge is 0.399 e. The van der Waals surface area contributed by atoms with Gasteiger partial charge in [0.05, 0.1) is 0 Å². The molecular formula is C12H17N3O. The zero-order chi connectivity index (χ0) is 11.5. The summed E-state index contributed by atoms with van der Waals surface area (Å²) in [4.78, 5) is 18.2. The highest BCUT2D eigenvalue weighted by Gasteiger charge is 2.32. The Morgan fingerprint density at radius 3 is 2.94 bits per heavy atom. The number of nitrogens with two attached hydrogens (primary N) is 1. The maximum Gasteiger partial charge on any atom is 0.272 e. The first-order valence-electron chi connectivity index (χ1n) is 5.75. The summed E-state index contributed by atoms with van der Waals surface area (Å²) in [7, 11) is 0. The summed E-state index contributed by atoms with van der Waals surface area (Å²) < 4.78 is 0. The Labute approximate surface area is 95.5 Å². The van der Waals surface area contributed by atoms with Crippen LogP contribution < -0.4 is 5.73 Å². The van der Waals surface area contributed by atoms with Gasteiger partial charge >= 0.3 is 0 Å². The molecule has 0 unspecified atom stereocenters. The van der Waals surface area contributed by atoms with Gasteiger partial charge in [0.1, 0.15) is 5.69 Å². The summed E-state index contributed by atoms with van der Waals surface area (Å²) in [6.07, 6.45) is 4.80. The van der Waals surface area contributed by atoms with Crippen molar-refractivity contribution in [3.05, 3.63) is 24.0 Å². The summed E-state index contributed by atoms with van der Waals surface area (Å²) in [5.41, 5.74) is 6.70. The first-order chi connectivity index (χ1) is 7.72. The second-order valence-corrected chi connectivity index (χ2v) is 4.20. The van der Waals surface area contributed by atoms with E-state index in [1.165, 1.54) is 0 Å². The molecule has 4 nitrogen and oxygen atoms in total. The molecule has 0 aromatic carbocycles. The number of aromatic nitrogens is 1. The Bertz CT molecular complexity index is 388. The molecule has 1 heterocycles. The van der Waals surface area contributed by atoms with Crippen molar-refractivity contribution in [1.82, 2.24) is 9.88 Å². The Balaban J connectivity index is 2.15. The minimum atomic E-state index is 0.0108. The average molecular weight is 219 g/mol. The van der Waals surface area contributed by atoms with Crippen molar-refractivity contribution >= 4 is 11.6 Å². The lowest BCUT2D eigenvalue weighted by atomic mass is 10.2. The van der Waals surface area contributed by atoms with Crippen molar-refractivity contribution in [2.75, 3.05) is 12.3 Å². The molecule has 1 aliphatic rings. The summed E-state index contributed by atoms with van der Waals surface area (Å²) in [6.45, 7) is 2.88. The van der Waals surface area contributed by atoms with Gasteiger partial charge in [0.2, 0.25) is 0 Å². The molecule has 1 aromatic rings. The van der Waals surface area contributed by atoms with E-state index in [2.05, 4.69) is 11.9 Å². The normalized spacial score (nSPS) is 14.8. The smallest absolute Gasteiger partial charge is 0.272 e. The van der Waals surface area contributed by atoms with Crippen LogP contribution in [-0.2, 0) is 0 Å². The van der Waals surface area contributed by atoms with Crippen molar-refractivity contribution < 1.29 is 4.79 Å². The second-order valence-electron chi connectivity index (χ2n) is 4.20. The molecule has 1 amide bonds. The van der Waals surface area contributed by atoms with E-state index >= 15 is 0 Å². The number of rotatable bonds is 4. The summed E-state index contributed by atoms with van der Waals surface area (Å²) in [5.74, 6) is 0.0108. The lowest BCUT2D eigenvalue weighted by Gasteiger charge is -2.21. The lowest BCUT2D eigenvalue weighted by molar-refractivity contribution is 0.0737. The molecule has 1 fully saturated rings. The van der Waals surface area contributed by atoms with Crippen molar-refractivity contribution in [1.29, 1.82) is 0 Å². The Morgan fingerprint density at radius 2 is 2.38 bits per heavy atom. The average Bonchev–Trinajstić information content (AvgIpc) is 3.09. The van der Waals surface area contributed by atoms with E-state index in [9.17, 15) is 4.79 Å². The highest BCUT2D eigenvalue weighted by Crippen LogP contribution is 2.28. The maximum absolute atomic E-state index is 12.2. The minimum Gasteiger partial charge on any atom is -0.399 e. The van der Waals surface area contributed by atoms with Crippen molar-refractivity contribution in [2.24, 2.45) is 0 Å². The molecule has 0 aliphatic heterocycles. The molecule has 2 rings (SSSR count). The van der Waals surface area contributed by atoms with Gasteiger partial charge in [-0.2, -0.15) is 0 Å². The zero-order valence-electron chi connectivity index (χ0n) is 9.52. The van der Waals surface area contributed by atoms with E-state index in [1.807, 2.05) is 4.90 Å². The minimum absolute atomic E-state index is 0.0108. The lowest BCUT2D eigenvalue weighted by Crippen LogP contribution is -2.34. The van der Waals surface area contributed by atoms with Gasteiger partial charge in [-0.3, -0.25) is 9.78 Å². The van der Waals surface area contributed by atoms with Gasteiger partial charge in [0.15, 0.2) is 0 Å². The van der Waals surface area contributed by atoms with E-state index < -0.39 is 0 Å². The Morgan fingerprint density at radius 1 is 1.62 bits per heavy atom. The van der Waals surface area contributed by atoms with Gasteiger partial charge in [0.25, 0.3) is 5.91 Å². The quantitative estimate of drug-likeness (QED) is 0.838. The molecule has 0 spiro atoms. The number of hydrogen-bond donors (Lipinski definition) is 1. The molecule has 1 aliphatic carbocycles. The first-order valence-corrected chi connectivity index (χ1v) is 5.75. The number of carbonyl (C=O) groups is 1. The molecule has 2 N–H and O–H groups in total. The fraction of sp³-hybridized carbons (Fsp3) is 0.500. The standard InChI is InChI=1S/C12H17N3O/c1-2-7-15(10-3-4-10)12(16)11-8-9(13)5-6-14-11/h5-6,8,10H,2-4,7H2,1H3,(H2,13,14). The van der Waals surface area contributed by atoms with Gasteiger partial charge in [0, 0.05) is 24.5 Å². The highest BCUT2D eigenvalue weighted by atomic mass is 16.2. The first kappa shape index (κ1) is 10.9. The number of nitrogen functional groups attached to an aromatic ring is 1. The van der Waals surface area contributed by atoms with Gasteiger partial charge < -0.3 is 10.6 Å². The van der Waals surface area contributed by atoms with E-state index in [-0.39, 0.29) is 5.91 Å². The van der Waals surface area contributed by atoms with Gasteiger partial charge in [-0.15, -0.1) is 0 Å². The summed E-state index contributed by atoms with van der Waals surface area (Å²) in [6, 6.07) is 3.77. The van der Waals surface area contributed by atoms with E-state index in [1.54, 1.807) is 18.3 Å². The molecule has 0 radical (unpaired) electrons. The molecule has 0 bridgehead atoms. The van der Waals surface area contributed by atoms with Crippen LogP contribution in [0.4, 0.5) is 5.69 Å². The highest BCUT2D eigenvalue weighted by molar-refractivity contribution is 5.93. The van der Waals surface area contributed by atoms with Crippen LogP contribution in [0.5, 0.6) is 0 Å². The fourth-order valence-electron chi connectivity index (χ4n) is 1.79. The number of nitrogens with zero attached hydrogens (tertiary/aromatic N) is 2. The van der Waals surface area contributed by atoms with E-state index in [0.717, 1.165) is 25.8 Å². The number of carbonyl (C=O) groups excluding carboxylic acids is 1. The van der Waals surface area contributed by atoms with Crippen LogP contribution >= 0.6 is 0 Å². The van der Waals surface area contributed by atoms with Crippen molar-refractivity contribution in [2.45, 2.75) is 32.2 Å². The molecule has 0 atom stereocenters. The van der Waals surface area contributed by atoms with Crippen LogP contribution in [0.3, 0.4) is 0 Å². The van der Waals surface area contributed by atoms with E-state index in [4.69, 9.17) is 5.73 Å². The maximum atomic E-state index is 12.2. The van der Waals surface area contributed by atoms with Gasteiger partial charge in [-0.1, -0.05) is 6.92 Å². The van der Waals surface area contributed by atoms with Crippen LogP contribution in [0.25, 0.3) is 0 Å². The monoisotopic (exact) mass is 219 g/mol. The third-order valence-electron chi connectivity index (χ3n) is 2.72. The third-order valence-corrected chi connectivity index (χ3v) is 2.72. The SMILES string of the molecule is CCCN(C(=O)c1cc(N)ccn1)C1CC1. The molecular weight excluding hydrogens is 202 g/mol. The van der Waals surface area contributed by atoms with Gasteiger partial charge in [-0.25, -0.2) is 0 Å². The fourth-order valence-corrected chi connectivity index (χ4v) is 1.79. The third kappa shape index (κ3) is 2.32. The van der Waals surface area contributed by atoms with Crippen molar-refractivity contribution in [3.8, 4) is 0 Å². The van der Waals surface area contributed by atoms with Crippen LogP contribution in [0.2, 0.25) is 0 Å². The molecule has 16 heavy (non-hydrogen) atoms. The number of pyridine rings is 1. The van der Waals surface area contributed by atoms with Crippen molar-refractivity contribution in [3.63, 3.8) is 0 Å². The van der Waals surface area contributed by atoms with Crippen LogP contribution in [0, 0.1) is 0 Å². The predicted octanol–water partition coefficient (Wildman–Crippen LogP) is 1.68. The predicted molar refractivity (Wildman–Crippen MR) is 63.0 cm³/mol. The topological polar surface area (TPSA) is 59.2 Å². The van der Waals surface area contributed by atoms with Crippen LogP contribution in [0.1, 0.15) is 36.7 Å². The second kappa shape index (κ2) is 4.51. The Kier molecular flexibility index (Phi) is 3.08. The van der Waals surface area contributed by atoms with Gasteiger partial charge in [-0.05, 0) is 31.4 Å². The van der Waals surface area contributed by atoms with Crippen LogP contribution in [0.15, 0.2) is 18.3 Å². The molecule has 1 saturated carbocycles. The summed E-state index contributed by atoms with van der Waals surface area (Å²) >= 11 is 0. The molecule has 1 aromatic heterocycles. The number of amides is 1. The summed E-state index contributed by atoms with van der Waals surface area (Å²) in [5, 5.41) is 0. The number of anilines is 1.